The zero-order chi connectivity index (χ0) is 29.5. The number of ether oxygens (including phenoxy) is 2. The normalized spacial score (nSPS) is 10.6. The average molecular weight is 597 g/mol. The molecule has 3 N–H and O–H groups in total. The molecule has 0 aliphatic heterocycles. The number of nitrogens with zero attached hydrogens (tertiary/aromatic N) is 4. The molecule has 14 nitrogen and oxygen atoms in total. The number of hydrogen-bond donors (Lipinski definition) is 2. The number of aliphatic carboxylic acids is 1. The van der Waals surface area contributed by atoms with Crippen LogP contribution < -0.4 is 87.3 Å². The molecule has 0 radical (unpaired) electrons. The maximum absolute atomic E-state index is 11.1. The summed E-state index contributed by atoms with van der Waals surface area (Å²) in [5.74, 6) is -3.18. The number of carboxylic acids is 2. The third-order valence-corrected chi connectivity index (χ3v) is 6.00. The molecule has 0 heterocycles. The molecule has 4 aromatic carbocycles. The molecule has 4 rings (SSSR count). The van der Waals surface area contributed by atoms with Crippen molar-refractivity contribution in [3.05, 3.63) is 66.2 Å². The summed E-state index contributed by atoms with van der Waals surface area (Å²) in [6.45, 7) is -0.845. The molecule has 0 fully saturated rings. The summed E-state index contributed by atoms with van der Waals surface area (Å²) in [6, 6.07) is 14.3. The minimum absolute atomic E-state index is 0. The van der Waals surface area contributed by atoms with Gasteiger partial charge in [-0.1, -0.05) is 18.2 Å². The summed E-state index contributed by atoms with van der Waals surface area (Å²) >= 11 is 0.400. The van der Waals surface area contributed by atoms with Crippen LogP contribution in [-0.4, -0.2) is 30.8 Å². The van der Waals surface area contributed by atoms with Gasteiger partial charge in [-0.3, -0.25) is 0 Å². The zero-order valence-electron chi connectivity index (χ0n) is 24.0. The van der Waals surface area contributed by atoms with Gasteiger partial charge in [0.1, 0.15) is 35.2 Å². The Labute approximate surface area is 290 Å². The van der Waals surface area contributed by atoms with Crippen molar-refractivity contribution in [1.29, 1.82) is 0 Å². The van der Waals surface area contributed by atoms with Crippen LogP contribution in [0.5, 0.6) is 17.2 Å². The predicted octanol–water partition coefficient (Wildman–Crippen LogP) is -6.23. The number of carbonyl (C=O) groups is 2. The van der Waals surface area contributed by atoms with Gasteiger partial charge in [0.05, 0.1) is 29.6 Å². The molecule has 0 saturated carbocycles. The van der Waals surface area contributed by atoms with E-state index >= 15 is 0 Å². The molecule has 0 amide bonds. The van der Waals surface area contributed by atoms with Crippen molar-refractivity contribution < 1.29 is 101 Å². The van der Waals surface area contributed by atoms with Crippen molar-refractivity contribution in [3.8, 4) is 17.2 Å². The minimum Gasteiger partial charge on any atom is -0.710 e. The Morgan fingerprint density at radius 2 is 1.52 bits per heavy atom. The van der Waals surface area contributed by atoms with E-state index in [1.807, 2.05) is 0 Å². The van der Waals surface area contributed by atoms with Crippen LogP contribution in [0.2, 0.25) is 0 Å². The first-order valence-corrected chi connectivity index (χ1v) is 12.2. The number of phenolic OH excluding ortho intramolecular Hbond substituents is 1. The maximum Gasteiger partial charge on any atom is 1.00 e. The van der Waals surface area contributed by atoms with Crippen LogP contribution in [-0.2, 0) is 9.13 Å². The zero-order valence-corrected chi connectivity index (χ0v) is 24.8. The van der Waals surface area contributed by atoms with Gasteiger partial charge in [-0.05, 0) is 41.3 Å². The molecule has 4 aromatic rings. The number of nitrogens with two attached hydrogens (primary N) is 1. The molecular weight excluding hydrogens is 579 g/mol. The van der Waals surface area contributed by atoms with Crippen LogP contribution in [0.15, 0.2) is 86.0 Å². The summed E-state index contributed by atoms with van der Waals surface area (Å²) in [6.07, 6.45) is 0. The van der Waals surface area contributed by atoms with Gasteiger partial charge >= 0.3 is 56.6 Å². The van der Waals surface area contributed by atoms with Crippen molar-refractivity contribution in [2.24, 2.45) is 20.5 Å². The molecule has 0 aromatic heterocycles. The SMILES string of the molecule is COc1cc(N=Nc2c(SO[O-])cc3ccc(N)cc3c2O)c(OCC(=O)[O-])cc1N=Nc1ccc(C(=O)[O-])cc1.[Li+].[Li+].[Li+]. The second-order valence-corrected chi connectivity index (χ2v) is 8.83. The second-order valence-electron chi connectivity index (χ2n) is 8.09. The number of aromatic carboxylic acids is 1. The molecular formula is C26H18Li3N5O9S. The summed E-state index contributed by atoms with van der Waals surface area (Å²) in [4.78, 5) is 22.2. The van der Waals surface area contributed by atoms with Crippen molar-refractivity contribution in [2.75, 3.05) is 19.5 Å². The van der Waals surface area contributed by atoms with Gasteiger partial charge in [0.25, 0.3) is 0 Å². The largest absolute Gasteiger partial charge is 1.00 e. The Hall–Kier alpha value is -3.46. The summed E-state index contributed by atoms with van der Waals surface area (Å²) in [5.41, 5.74) is 6.41. The molecule has 0 aliphatic rings. The Bertz CT molecular complexity index is 1690. The van der Waals surface area contributed by atoms with Crippen molar-refractivity contribution >= 4 is 63.2 Å². The average Bonchev–Trinajstić information content (AvgIpc) is 2.95. The fourth-order valence-electron chi connectivity index (χ4n) is 3.55. The van der Waals surface area contributed by atoms with Gasteiger partial charge in [0.2, 0.25) is 0 Å². The van der Waals surface area contributed by atoms with E-state index in [0.29, 0.717) is 34.2 Å². The number of azo groups is 2. The molecule has 0 atom stereocenters. The van der Waals surface area contributed by atoms with Crippen LogP contribution >= 0.6 is 12.0 Å². The van der Waals surface area contributed by atoms with Gasteiger partial charge in [0.15, 0.2) is 5.75 Å². The van der Waals surface area contributed by atoms with Gasteiger partial charge in [-0.25, -0.2) is 0 Å². The first-order valence-electron chi connectivity index (χ1n) is 11.4. The first-order chi connectivity index (χ1) is 19.7. The van der Waals surface area contributed by atoms with E-state index in [0.717, 1.165) is 0 Å². The number of nitrogen functional groups attached to an aromatic ring is 1. The molecule has 0 spiro atoms. The van der Waals surface area contributed by atoms with Gasteiger partial charge in [0, 0.05) is 35.2 Å². The monoisotopic (exact) mass is 597 g/mol. The number of benzene rings is 4. The summed E-state index contributed by atoms with van der Waals surface area (Å²) in [5, 5.41) is 61.0. The van der Waals surface area contributed by atoms with Crippen molar-refractivity contribution in [2.45, 2.75) is 4.90 Å². The summed E-state index contributed by atoms with van der Waals surface area (Å²) < 4.78 is 14.6. The topological polar surface area (TPSA) is 227 Å². The molecule has 0 unspecified atom stereocenters. The Morgan fingerprint density at radius 1 is 0.886 bits per heavy atom. The fraction of sp³-hybridized carbons (Fsp3) is 0.0769. The van der Waals surface area contributed by atoms with Crippen LogP contribution in [0.4, 0.5) is 28.4 Å². The molecule has 0 aliphatic carbocycles. The number of rotatable bonds is 11. The fourth-order valence-corrected chi connectivity index (χ4v) is 4.01. The minimum atomic E-state index is -1.52. The van der Waals surface area contributed by atoms with E-state index in [2.05, 4.69) is 24.8 Å². The standard InChI is InChI=1S/C26H21N5O9S.3Li/c1-38-20-10-19(30-31-24-22(41-40-37)8-14-2-5-15(27)9-17(14)25(24)34)21(39-12-23(32)33)11-18(20)29-28-16-6-3-13(4-7-16)26(35)36;;;/h2-11,34,37H,12,27H2,1H3,(H,32,33)(H,35,36);;;/q;3*+1/p-3. The predicted molar refractivity (Wildman–Crippen MR) is 140 cm³/mol. The third-order valence-electron chi connectivity index (χ3n) is 5.44. The number of hydrogen-bond acceptors (Lipinski definition) is 15. The van der Waals surface area contributed by atoms with Crippen LogP contribution in [0.1, 0.15) is 10.4 Å². The number of fused-ring (bicyclic) bond motifs is 1. The first kappa shape index (κ1) is 38.6. The Kier molecular flexibility index (Phi) is 15.5. The molecule has 210 valence electrons. The number of carbonyl (C=O) groups excluding carboxylic acids is 2. The van der Waals surface area contributed by atoms with Gasteiger partial charge in [-0.15, -0.1) is 15.3 Å². The Balaban J connectivity index is 0.00000323. The Morgan fingerprint density at radius 3 is 2.14 bits per heavy atom. The molecule has 0 bridgehead atoms. The number of aromatic hydroxyl groups is 1. The van der Waals surface area contributed by atoms with E-state index in [1.54, 1.807) is 18.2 Å². The van der Waals surface area contributed by atoms with Crippen LogP contribution in [0.3, 0.4) is 0 Å². The van der Waals surface area contributed by atoms with Crippen LogP contribution in [0, 0.1) is 0 Å². The quantitative estimate of drug-likeness (QED) is 0.0413. The van der Waals surface area contributed by atoms with E-state index < -0.39 is 18.5 Å². The van der Waals surface area contributed by atoms with Gasteiger partial charge < -0.3 is 49.7 Å². The summed E-state index contributed by atoms with van der Waals surface area (Å²) in [7, 11) is 1.34. The smallest absolute Gasteiger partial charge is 0.710 e. The van der Waals surface area contributed by atoms with E-state index in [1.165, 1.54) is 49.6 Å². The molecule has 44 heavy (non-hydrogen) atoms. The van der Waals surface area contributed by atoms with Crippen molar-refractivity contribution in [3.63, 3.8) is 0 Å². The van der Waals surface area contributed by atoms with E-state index in [-0.39, 0.29) is 101 Å². The number of carboxylic acid groups (broad SMARTS) is 2. The van der Waals surface area contributed by atoms with E-state index in [9.17, 15) is 30.2 Å². The van der Waals surface area contributed by atoms with Crippen molar-refractivity contribution in [1.82, 2.24) is 0 Å². The van der Waals surface area contributed by atoms with E-state index in [4.69, 9.17) is 15.2 Å². The molecule has 0 saturated heterocycles. The second kappa shape index (κ2) is 17.7. The third kappa shape index (κ3) is 9.52. The number of anilines is 1. The number of phenols is 1. The molecule has 18 heteroatoms. The van der Waals surface area contributed by atoms with Crippen LogP contribution in [0.25, 0.3) is 10.8 Å². The maximum atomic E-state index is 11.1. The van der Waals surface area contributed by atoms with Gasteiger partial charge in [-0.2, -0.15) is 5.11 Å². The number of methoxy groups -OCH3 is 1.